The number of carboxylic acids is 1. The largest absolute Gasteiger partial charge is 0.487 e. The molecule has 6 heteroatoms. The van der Waals surface area contributed by atoms with Gasteiger partial charge in [0.2, 0.25) is 0 Å². The molecule has 1 aliphatic heterocycles. The monoisotopic (exact) mass is 283 g/mol. The number of ether oxygens (including phenoxy) is 2. The molecule has 1 saturated heterocycles. The molecule has 1 unspecified atom stereocenters. The van der Waals surface area contributed by atoms with E-state index in [0.29, 0.717) is 18.8 Å². The number of carbonyl (C=O) groups is 1. The SMILES string of the molecule is NC(Cc1ccc(OC2CCOCC2)c(F)c1)C(=O)O. The Balaban J connectivity index is 1.99. The summed E-state index contributed by atoms with van der Waals surface area (Å²) in [7, 11) is 0. The molecule has 110 valence electrons. The second-order valence-electron chi connectivity index (χ2n) is 4.84. The van der Waals surface area contributed by atoms with E-state index in [1.54, 1.807) is 6.07 Å². The van der Waals surface area contributed by atoms with Gasteiger partial charge in [-0.3, -0.25) is 4.79 Å². The predicted molar refractivity (Wildman–Crippen MR) is 70.2 cm³/mol. The second kappa shape index (κ2) is 6.67. The van der Waals surface area contributed by atoms with Crippen LogP contribution in [0.25, 0.3) is 0 Å². The fraction of sp³-hybridized carbons (Fsp3) is 0.500. The van der Waals surface area contributed by atoms with Crippen LogP contribution in [0.15, 0.2) is 18.2 Å². The van der Waals surface area contributed by atoms with E-state index in [4.69, 9.17) is 20.3 Å². The molecule has 0 aliphatic carbocycles. The molecule has 0 radical (unpaired) electrons. The van der Waals surface area contributed by atoms with Gasteiger partial charge in [0.1, 0.15) is 12.1 Å². The molecule has 1 aromatic carbocycles. The summed E-state index contributed by atoms with van der Waals surface area (Å²) in [5, 5.41) is 8.73. The molecule has 0 amide bonds. The minimum absolute atomic E-state index is 0.0367. The van der Waals surface area contributed by atoms with Crippen LogP contribution in [-0.4, -0.2) is 36.4 Å². The number of hydrogen-bond donors (Lipinski definition) is 2. The van der Waals surface area contributed by atoms with Crippen LogP contribution in [0.2, 0.25) is 0 Å². The molecular weight excluding hydrogens is 265 g/mol. The van der Waals surface area contributed by atoms with Crippen LogP contribution in [-0.2, 0) is 16.0 Å². The maximum Gasteiger partial charge on any atom is 0.320 e. The van der Waals surface area contributed by atoms with E-state index >= 15 is 0 Å². The highest BCUT2D eigenvalue weighted by atomic mass is 19.1. The Labute approximate surface area is 116 Å². The van der Waals surface area contributed by atoms with Crippen molar-refractivity contribution in [2.75, 3.05) is 13.2 Å². The third-order valence-electron chi connectivity index (χ3n) is 3.23. The van der Waals surface area contributed by atoms with Crippen molar-refractivity contribution in [3.05, 3.63) is 29.6 Å². The Morgan fingerprint density at radius 3 is 2.80 bits per heavy atom. The molecule has 5 nitrogen and oxygen atoms in total. The summed E-state index contributed by atoms with van der Waals surface area (Å²) in [5.41, 5.74) is 5.96. The summed E-state index contributed by atoms with van der Waals surface area (Å²) in [6.07, 6.45) is 1.53. The molecule has 1 aliphatic rings. The van der Waals surface area contributed by atoms with E-state index in [9.17, 15) is 9.18 Å². The first kappa shape index (κ1) is 14.7. The number of halogens is 1. The predicted octanol–water partition coefficient (Wildman–Crippen LogP) is 1.34. The lowest BCUT2D eigenvalue weighted by atomic mass is 10.1. The molecule has 1 heterocycles. The number of benzene rings is 1. The lowest BCUT2D eigenvalue weighted by Gasteiger charge is -2.23. The van der Waals surface area contributed by atoms with Crippen molar-refractivity contribution in [2.24, 2.45) is 5.73 Å². The number of carboxylic acid groups (broad SMARTS) is 1. The summed E-state index contributed by atoms with van der Waals surface area (Å²) in [6, 6.07) is 3.41. The van der Waals surface area contributed by atoms with Gasteiger partial charge in [-0.2, -0.15) is 0 Å². The number of aliphatic carboxylic acids is 1. The standard InChI is InChI=1S/C14H18FNO4/c15-11-7-9(8-12(16)14(17)18)1-2-13(11)20-10-3-5-19-6-4-10/h1-2,7,10,12H,3-6,8,16H2,(H,17,18). The molecule has 2 rings (SSSR count). The smallest absolute Gasteiger partial charge is 0.320 e. The Kier molecular flexibility index (Phi) is 4.92. The van der Waals surface area contributed by atoms with Crippen LogP contribution in [0, 0.1) is 5.82 Å². The zero-order valence-electron chi connectivity index (χ0n) is 11.0. The first-order valence-corrected chi connectivity index (χ1v) is 6.57. The Morgan fingerprint density at radius 2 is 2.20 bits per heavy atom. The van der Waals surface area contributed by atoms with Gasteiger partial charge >= 0.3 is 5.97 Å². The maximum absolute atomic E-state index is 13.9. The van der Waals surface area contributed by atoms with Gasteiger partial charge in [-0.05, 0) is 24.1 Å². The maximum atomic E-state index is 13.9. The Hall–Kier alpha value is -1.66. The normalized spacial score (nSPS) is 17.7. The topological polar surface area (TPSA) is 81.8 Å². The summed E-state index contributed by atoms with van der Waals surface area (Å²) < 4.78 is 24.7. The third-order valence-corrected chi connectivity index (χ3v) is 3.23. The van der Waals surface area contributed by atoms with Gasteiger partial charge in [-0.25, -0.2) is 4.39 Å². The van der Waals surface area contributed by atoms with Gasteiger partial charge in [0.15, 0.2) is 11.6 Å². The van der Waals surface area contributed by atoms with Crippen LogP contribution >= 0.6 is 0 Å². The summed E-state index contributed by atoms with van der Waals surface area (Å²) in [5.74, 6) is -1.41. The van der Waals surface area contributed by atoms with Crippen molar-refractivity contribution in [2.45, 2.75) is 31.4 Å². The van der Waals surface area contributed by atoms with E-state index in [1.165, 1.54) is 12.1 Å². The molecular formula is C14H18FNO4. The average molecular weight is 283 g/mol. The summed E-state index contributed by atoms with van der Waals surface area (Å²) in [6.45, 7) is 1.25. The average Bonchev–Trinajstić information content (AvgIpc) is 2.43. The molecule has 20 heavy (non-hydrogen) atoms. The van der Waals surface area contributed by atoms with Crippen LogP contribution in [0.5, 0.6) is 5.75 Å². The highest BCUT2D eigenvalue weighted by Crippen LogP contribution is 2.23. The minimum Gasteiger partial charge on any atom is -0.487 e. The highest BCUT2D eigenvalue weighted by molar-refractivity contribution is 5.73. The molecule has 1 aromatic rings. The quantitative estimate of drug-likeness (QED) is 0.852. The molecule has 0 saturated carbocycles. The first-order valence-electron chi connectivity index (χ1n) is 6.57. The zero-order chi connectivity index (χ0) is 14.5. The van der Waals surface area contributed by atoms with Crippen molar-refractivity contribution in [1.29, 1.82) is 0 Å². The minimum atomic E-state index is -1.10. The molecule has 1 atom stereocenters. The highest BCUT2D eigenvalue weighted by Gasteiger charge is 2.18. The number of rotatable bonds is 5. The van der Waals surface area contributed by atoms with E-state index in [-0.39, 0.29) is 18.3 Å². The first-order chi connectivity index (χ1) is 9.56. The molecule has 0 bridgehead atoms. The fourth-order valence-corrected chi connectivity index (χ4v) is 2.08. The van der Waals surface area contributed by atoms with Crippen molar-refractivity contribution >= 4 is 5.97 Å². The van der Waals surface area contributed by atoms with Gasteiger partial charge < -0.3 is 20.3 Å². The summed E-state index contributed by atoms with van der Waals surface area (Å²) >= 11 is 0. The van der Waals surface area contributed by atoms with Crippen molar-refractivity contribution < 1.29 is 23.8 Å². The van der Waals surface area contributed by atoms with Crippen LogP contribution in [0.1, 0.15) is 18.4 Å². The second-order valence-corrected chi connectivity index (χ2v) is 4.84. The Bertz CT molecular complexity index is 474. The molecule has 3 N–H and O–H groups in total. The van der Waals surface area contributed by atoms with Gasteiger partial charge in [-0.1, -0.05) is 6.07 Å². The van der Waals surface area contributed by atoms with Crippen molar-refractivity contribution in [3.63, 3.8) is 0 Å². The van der Waals surface area contributed by atoms with E-state index in [1.807, 2.05) is 0 Å². The van der Waals surface area contributed by atoms with Crippen molar-refractivity contribution in [1.82, 2.24) is 0 Å². The van der Waals surface area contributed by atoms with Crippen LogP contribution in [0.4, 0.5) is 4.39 Å². The lowest BCUT2D eigenvalue weighted by molar-refractivity contribution is -0.138. The van der Waals surface area contributed by atoms with Gasteiger partial charge in [-0.15, -0.1) is 0 Å². The van der Waals surface area contributed by atoms with Gasteiger partial charge in [0.05, 0.1) is 13.2 Å². The summed E-state index contributed by atoms with van der Waals surface area (Å²) in [4.78, 5) is 10.7. The van der Waals surface area contributed by atoms with Crippen molar-refractivity contribution in [3.8, 4) is 5.75 Å². The van der Waals surface area contributed by atoms with E-state index < -0.39 is 17.8 Å². The lowest BCUT2D eigenvalue weighted by Crippen LogP contribution is -2.32. The molecule has 1 fully saturated rings. The van der Waals surface area contributed by atoms with Crippen LogP contribution < -0.4 is 10.5 Å². The number of hydrogen-bond acceptors (Lipinski definition) is 4. The number of nitrogens with two attached hydrogens (primary N) is 1. The fourth-order valence-electron chi connectivity index (χ4n) is 2.08. The van der Waals surface area contributed by atoms with E-state index in [0.717, 1.165) is 12.8 Å². The third kappa shape index (κ3) is 3.91. The molecule has 0 spiro atoms. The zero-order valence-corrected chi connectivity index (χ0v) is 11.0. The Morgan fingerprint density at radius 1 is 1.50 bits per heavy atom. The molecule has 0 aromatic heterocycles. The van der Waals surface area contributed by atoms with Crippen LogP contribution in [0.3, 0.4) is 0 Å². The van der Waals surface area contributed by atoms with Gasteiger partial charge in [0.25, 0.3) is 0 Å². The van der Waals surface area contributed by atoms with E-state index in [2.05, 4.69) is 0 Å². The van der Waals surface area contributed by atoms with Gasteiger partial charge in [0, 0.05) is 12.8 Å².